The number of carbonyl (C=O) groups is 1. The van der Waals surface area contributed by atoms with Gasteiger partial charge in [-0.1, -0.05) is 29.3 Å². The Labute approximate surface area is 227 Å². The van der Waals surface area contributed by atoms with Gasteiger partial charge in [0.2, 0.25) is 5.95 Å². The van der Waals surface area contributed by atoms with Gasteiger partial charge in [-0.05, 0) is 51.1 Å². The van der Waals surface area contributed by atoms with E-state index in [0.29, 0.717) is 40.3 Å². The van der Waals surface area contributed by atoms with Gasteiger partial charge in [0, 0.05) is 22.8 Å². The number of halogens is 2. The largest absolute Gasteiger partial charge is 0.444 e. The van der Waals surface area contributed by atoms with E-state index in [0.717, 1.165) is 25.9 Å². The Morgan fingerprint density at radius 3 is 2.67 bits per heavy atom. The van der Waals surface area contributed by atoms with Crippen LogP contribution in [0.3, 0.4) is 0 Å². The molecule has 188 valence electrons. The molecule has 4 aromatic rings. The summed E-state index contributed by atoms with van der Waals surface area (Å²) in [6.07, 6.45) is 1.12. The minimum Gasteiger partial charge on any atom is -0.444 e. The van der Waals surface area contributed by atoms with Gasteiger partial charge in [-0.3, -0.25) is 0 Å². The van der Waals surface area contributed by atoms with Crippen LogP contribution in [0.1, 0.15) is 25.8 Å². The molecule has 0 bridgehead atoms. The van der Waals surface area contributed by atoms with Crippen molar-refractivity contribution in [1.82, 2.24) is 25.5 Å². The number of thiazole rings is 1. The average Bonchev–Trinajstić information content (AvgIpc) is 3.22. The number of hydrogen-bond acceptors (Lipinski definition) is 9. The molecule has 2 heterocycles. The highest BCUT2D eigenvalue weighted by Gasteiger charge is 2.15. The second-order valence-electron chi connectivity index (χ2n) is 8.63. The van der Waals surface area contributed by atoms with Crippen LogP contribution in [0.5, 0.6) is 0 Å². The SMILES string of the molecule is CC(C)(C)OC(=O)NCCSc1ccc2sc(CNc3nncc(-c4c(Cl)cccc4Cl)n3)nc2c1. The van der Waals surface area contributed by atoms with Crippen LogP contribution in [0.25, 0.3) is 21.5 Å². The number of thioether (sulfide) groups is 1. The van der Waals surface area contributed by atoms with Crippen molar-refractivity contribution in [3.05, 3.63) is 57.6 Å². The van der Waals surface area contributed by atoms with Crippen molar-refractivity contribution < 1.29 is 9.53 Å². The summed E-state index contributed by atoms with van der Waals surface area (Å²) in [5.74, 6) is 1.08. The van der Waals surface area contributed by atoms with Crippen LogP contribution >= 0.6 is 46.3 Å². The number of fused-ring (bicyclic) bond motifs is 1. The average molecular weight is 564 g/mol. The monoisotopic (exact) mass is 562 g/mol. The number of benzene rings is 2. The number of nitrogens with zero attached hydrogens (tertiary/aromatic N) is 4. The van der Waals surface area contributed by atoms with Crippen LogP contribution in [0.4, 0.5) is 10.7 Å². The molecule has 0 atom stereocenters. The predicted octanol–water partition coefficient (Wildman–Crippen LogP) is 6.68. The summed E-state index contributed by atoms with van der Waals surface area (Å²) in [4.78, 5) is 22.1. The molecule has 2 aromatic carbocycles. The lowest BCUT2D eigenvalue weighted by Gasteiger charge is -2.19. The molecule has 0 radical (unpaired) electrons. The van der Waals surface area contributed by atoms with E-state index in [4.69, 9.17) is 32.9 Å². The second-order valence-corrected chi connectivity index (χ2v) is 11.7. The first kappa shape index (κ1) is 26.4. The molecule has 36 heavy (non-hydrogen) atoms. The molecule has 0 saturated carbocycles. The molecule has 0 aliphatic rings. The van der Waals surface area contributed by atoms with Gasteiger partial charge in [0.05, 0.1) is 38.7 Å². The van der Waals surface area contributed by atoms with E-state index in [1.807, 2.05) is 26.8 Å². The molecule has 0 fully saturated rings. The first-order valence-corrected chi connectivity index (χ1v) is 13.6. The van der Waals surface area contributed by atoms with E-state index < -0.39 is 11.7 Å². The number of ether oxygens (including phenoxy) is 1. The topological polar surface area (TPSA) is 102 Å². The first-order chi connectivity index (χ1) is 17.2. The number of anilines is 1. The molecular weight excluding hydrogens is 539 g/mol. The van der Waals surface area contributed by atoms with E-state index >= 15 is 0 Å². The van der Waals surface area contributed by atoms with E-state index in [1.54, 1.807) is 41.3 Å². The van der Waals surface area contributed by atoms with Gasteiger partial charge in [0.15, 0.2) is 0 Å². The lowest BCUT2D eigenvalue weighted by atomic mass is 10.1. The summed E-state index contributed by atoms with van der Waals surface area (Å²) in [6.45, 7) is 6.48. The lowest BCUT2D eigenvalue weighted by molar-refractivity contribution is 0.0531. The van der Waals surface area contributed by atoms with Crippen molar-refractivity contribution in [2.24, 2.45) is 0 Å². The Kier molecular flexibility index (Phi) is 8.50. The van der Waals surface area contributed by atoms with Gasteiger partial charge in [-0.25, -0.2) is 14.8 Å². The Morgan fingerprint density at radius 2 is 1.92 bits per heavy atom. The van der Waals surface area contributed by atoms with Crippen LogP contribution in [0.2, 0.25) is 10.0 Å². The molecule has 2 aromatic heterocycles. The van der Waals surface area contributed by atoms with Crippen LogP contribution in [0, 0.1) is 0 Å². The highest BCUT2D eigenvalue weighted by Crippen LogP contribution is 2.33. The summed E-state index contributed by atoms with van der Waals surface area (Å²) < 4.78 is 6.33. The summed E-state index contributed by atoms with van der Waals surface area (Å²) in [6, 6.07) is 11.4. The predicted molar refractivity (Wildman–Crippen MR) is 147 cm³/mol. The van der Waals surface area contributed by atoms with Crippen molar-refractivity contribution in [1.29, 1.82) is 0 Å². The number of alkyl carbamates (subject to hydrolysis) is 1. The molecule has 0 saturated heterocycles. The van der Waals surface area contributed by atoms with Crippen molar-refractivity contribution in [3.63, 3.8) is 0 Å². The third-order valence-electron chi connectivity index (χ3n) is 4.62. The molecule has 12 heteroatoms. The van der Waals surface area contributed by atoms with Crippen LogP contribution < -0.4 is 10.6 Å². The number of hydrogen-bond donors (Lipinski definition) is 2. The van der Waals surface area contributed by atoms with Crippen molar-refractivity contribution >= 4 is 68.6 Å². The smallest absolute Gasteiger partial charge is 0.407 e. The number of rotatable bonds is 8. The molecule has 2 N–H and O–H groups in total. The van der Waals surface area contributed by atoms with E-state index in [-0.39, 0.29) is 0 Å². The third-order valence-corrected chi connectivity index (χ3v) is 7.28. The molecule has 8 nitrogen and oxygen atoms in total. The Morgan fingerprint density at radius 1 is 1.14 bits per heavy atom. The minimum atomic E-state index is -0.506. The highest BCUT2D eigenvalue weighted by atomic mass is 35.5. The zero-order valence-corrected chi connectivity index (χ0v) is 23.0. The molecule has 0 unspecified atom stereocenters. The molecule has 4 rings (SSSR count). The Hall–Kier alpha value is -2.66. The second kappa shape index (κ2) is 11.6. The number of nitrogens with one attached hydrogen (secondary N) is 2. The van der Waals surface area contributed by atoms with Gasteiger partial charge in [0.25, 0.3) is 0 Å². The van der Waals surface area contributed by atoms with Gasteiger partial charge >= 0.3 is 6.09 Å². The number of aromatic nitrogens is 4. The Balaban J connectivity index is 1.34. The van der Waals surface area contributed by atoms with Gasteiger partial charge in [-0.2, -0.15) is 5.10 Å². The highest BCUT2D eigenvalue weighted by molar-refractivity contribution is 7.99. The van der Waals surface area contributed by atoms with Crippen molar-refractivity contribution in [2.75, 3.05) is 17.6 Å². The van der Waals surface area contributed by atoms with E-state index in [2.05, 4.69) is 37.9 Å². The summed E-state index contributed by atoms with van der Waals surface area (Å²) in [5, 5.41) is 15.9. The van der Waals surface area contributed by atoms with E-state index in [9.17, 15) is 4.79 Å². The fourth-order valence-corrected chi connectivity index (χ4v) is 5.43. The van der Waals surface area contributed by atoms with Crippen LogP contribution in [-0.2, 0) is 11.3 Å². The van der Waals surface area contributed by atoms with Crippen molar-refractivity contribution in [2.45, 2.75) is 37.8 Å². The number of carbonyl (C=O) groups excluding carboxylic acids is 1. The molecule has 0 aliphatic heterocycles. The van der Waals surface area contributed by atoms with Gasteiger partial charge in [-0.15, -0.1) is 28.2 Å². The van der Waals surface area contributed by atoms with E-state index in [1.165, 1.54) is 6.20 Å². The molecule has 0 aliphatic carbocycles. The standard InChI is InChI=1S/C24H24Cl2N6O2S2/c1-24(2,3)34-23(33)27-9-10-35-14-7-8-19-17(11-14)30-20(36-19)13-28-22-31-18(12-29-32-22)21-15(25)5-4-6-16(21)26/h4-8,11-12H,9-10,13H2,1-3H3,(H,27,33)(H,28,31,32). The molecular formula is C24H24Cl2N6O2S2. The third kappa shape index (κ3) is 7.19. The normalized spacial score (nSPS) is 11.5. The van der Waals surface area contributed by atoms with Crippen molar-refractivity contribution in [3.8, 4) is 11.3 Å². The summed E-state index contributed by atoms with van der Waals surface area (Å²) in [7, 11) is 0. The fraction of sp³-hybridized carbons (Fsp3) is 0.292. The molecule has 0 spiro atoms. The summed E-state index contributed by atoms with van der Waals surface area (Å²) >= 11 is 15.8. The zero-order chi connectivity index (χ0) is 25.7. The minimum absolute atomic E-state index is 0.358. The molecule has 1 amide bonds. The van der Waals surface area contributed by atoms with Crippen LogP contribution in [-0.4, -0.2) is 44.2 Å². The maximum Gasteiger partial charge on any atom is 0.407 e. The van der Waals surface area contributed by atoms with Gasteiger partial charge in [0.1, 0.15) is 10.6 Å². The Bertz CT molecular complexity index is 1360. The van der Waals surface area contributed by atoms with Crippen LogP contribution in [0.15, 0.2) is 47.5 Å². The first-order valence-electron chi connectivity index (χ1n) is 11.0. The quantitative estimate of drug-likeness (QED) is 0.181. The fourth-order valence-electron chi connectivity index (χ4n) is 3.15. The zero-order valence-electron chi connectivity index (χ0n) is 19.8. The maximum atomic E-state index is 11.8. The number of amides is 1. The van der Waals surface area contributed by atoms with Gasteiger partial charge < -0.3 is 15.4 Å². The summed E-state index contributed by atoms with van der Waals surface area (Å²) in [5.41, 5.74) is 1.56. The maximum absolute atomic E-state index is 11.8. The lowest BCUT2D eigenvalue weighted by Crippen LogP contribution is -2.33.